The van der Waals surface area contributed by atoms with Crippen LogP contribution in [-0.2, 0) is 9.53 Å². The van der Waals surface area contributed by atoms with Crippen LogP contribution in [0.25, 0.3) is 0 Å². The third-order valence-electron chi connectivity index (χ3n) is 2.04. The second kappa shape index (κ2) is 5.64. The Morgan fingerprint density at radius 3 is 1.95 bits per heavy atom. The third-order valence-corrected chi connectivity index (χ3v) is 2.04. The minimum absolute atomic E-state index is 0.262. The van der Waals surface area contributed by atoms with E-state index >= 15 is 0 Å². The molecule has 9 heteroatoms. The van der Waals surface area contributed by atoms with Crippen LogP contribution in [0.3, 0.4) is 0 Å². The molecular formula is C10H10F6O3. The Bertz CT molecular complexity index is 366. The molecule has 0 saturated heterocycles. The van der Waals surface area contributed by atoms with Crippen molar-refractivity contribution < 1.29 is 41.0 Å². The van der Waals surface area contributed by atoms with Gasteiger partial charge in [-0.2, -0.15) is 26.3 Å². The van der Waals surface area contributed by atoms with Gasteiger partial charge in [0.15, 0.2) is 0 Å². The van der Waals surface area contributed by atoms with Crippen molar-refractivity contribution in [3.63, 3.8) is 0 Å². The predicted octanol–water partition coefficient (Wildman–Crippen LogP) is 2.52. The molecule has 0 aromatic heterocycles. The molecule has 0 spiro atoms. The minimum Gasteiger partial charge on any atom is -0.458 e. The maximum Gasteiger partial charge on any atom is 0.429 e. The second-order valence-corrected chi connectivity index (χ2v) is 3.52. The van der Waals surface area contributed by atoms with Crippen LogP contribution >= 0.6 is 0 Å². The topological polar surface area (TPSA) is 46.5 Å². The summed E-state index contributed by atoms with van der Waals surface area (Å²) < 4.78 is 77.1. The molecule has 0 fully saturated rings. The van der Waals surface area contributed by atoms with E-state index in [0.29, 0.717) is 0 Å². The van der Waals surface area contributed by atoms with Crippen molar-refractivity contribution in [3.05, 3.63) is 24.3 Å². The number of halogens is 6. The first-order chi connectivity index (χ1) is 8.37. The third kappa shape index (κ3) is 3.98. The Morgan fingerprint density at radius 1 is 1.21 bits per heavy atom. The Morgan fingerprint density at radius 2 is 1.63 bits per heavy atom. The van der Waals surface area contributed by atoms with Crippen LogP contribution in [0.1, 0.15) is 6.92 Å². The van der Waals surface area contributed by atoms with E-state index in [4.69, 9.17) is 5.11 Å². The molecule has 1 N–H and O–H groups in total. The first-order valence-corrected chi connectivity index (χ1v) is 4.69. The largest absolute Gasteiger partial charge is 0.458 e. The van der Waals surface area contributed by atoms with Gasteiger partial charge in [0.1, 0.15) is 6.61 Å². The highest BCUT2D eigenvalue weighted by molar-refractivity contribution is 5.88. The molecule has 0 saturated carbocycles. The van der Waals surface area contributed by atoms with Gasteiger partial charge < -0.3 is 9.84 Å². The van der Waals surface area contributed by atoms with Crippen molar-refractivity contribution in [3.8, 4) is 0 Å². The summed E-state index contributed by atoms with van der Waals surface area (Å²) in [5.41, 5.74) is -5.37. The van der Waals surface area contributed by atoms with Gasteiger partial charge in [0.2, 0.25) is 0 Å². The number of aliphatic hydroxyl groups is 1. The molecule has 0 radical (unpaired) electrons. The van der Waals surface area contributed by atoms with Crippen LogP contribution in [0.5, 0.6) is 0 Å². The SMILES string of the molecule is C=C/C=C(\C)C(=O)OCC(O)(C(F)(F)F)C(F)(F)F. The van der Waals surface area contributed by atoms with Gasteiger partial charge in [-0.05, 0) is 6.92 Å². The summed E-state index contributed by atoms with van der Waals surface area (Å²) in [4.78, 5) is 11.0. The number of rotatable bonds is 4. The molecule has 110 valence electrons. The summed E-state index contributed by atoms with van der Waals surface area (Å²) in [5, 5.41) is 8.68. The molecular weight excluding hydrogens is 282 g/mol. The van der Waals surface area contributed by atoms with Crippen LogP contribution < -0.4 is 0 Å². The molecule has 0 rings (SSSR count). The lowest BCUT2D eigenvalue weighted by molar-refractivity contribution is -0.375. The van der Waals surface area contributed by atoms with Gasteiger partial charge >= 0.3 is 18.3 Å². The molecule has 0 atom stereocenters. The number of alkyl halides is 6. The molecule has 0 heterocycles. The number of esters is 1. The van der Waals surface area contributed by atoms with Crippen LogP contribution in [0, 0.1) is 0 Å². The van der Waals surface area contributed by atoms with Crippen molar-refractivity contribution in [2.45, 2.75) is 24.9 Å². The van der Waals surface area contributed by atoms with Gasteiger partial charge in [0.25, 0.3) is 5.60 Å². The quantitative estimate of drug-likeness (QED) is 0.375. The minimum atomic E-state index is -6.03. The van der Waals surface area contributed by atoms with Crippen LogP contribution in [-0.4, -0.2) is 35.6 Å². The molecule has 0 aliphatic carbocycles. The molecule has 0 aromatic rings. The monoisotopic (exact) mass is 292 g/mol. The van der Waals surface area contributed by atoms with Crippen molar-refractivity contribution in [2.75, 3.05) is 6.61 Å². The van der Waals surface area contributed by atoms with E-state index in [9.17, 15) is 31.1 Å². The number of ether oxygens (including phenoxy) is 1. The van der Waals surface area contributed by atoms with Crippen molar-refractivity contribution >= 4 is 5.97 Å². The van der Waals surface area contributed by atoms with E-state index in [-0.39, 0.29) is 5.57 Å². The summed E-state index contributed by atoms with van der Waals surface area (Å²) in [6.07, 6.45) is -9.93. The highest BCUT2D eigenvalue weighted by atomic mass is 19.4. The van der Waals surface area contributed by atoms with Crippen LogP contribution in [0.4, 0.5) is 26.3 Å². The lowest BCUT2D eigenvalue weighted by atomic mass is 10.0. The van der Waals surface area contributed by atoms with E-state index < -0.39 is 30.5 Å². The summed E-state index contributed by atoms with van der Waals surface area (Å²) in [7, 11) is 0. The number of allylic oxidation sites excluding steroid dienone is 2. The normalized spacial score (nSPS) is 14.2. The standard InChI is InChI=1S/C10H10F6O3/c1-3-4-6(2)7(17)19-5-8(18,9(11,12)13)10(14,15)16/h3-4,18H,1,5H2,2H3/b6-4+. The average Bonchev–Trinajstić information content (AvgIpc) is 2.22. The molecule has 19 heavy (non-hydrogen) atoms. The predicted molar refractivity (Wildman–Crippen MR) is 52.0 cm³/mol. The van der Waals surface area contributed by atoms with E-state index in [1.165, 1.54) is 0 Å². The summed E-state index contributed by atoms with van der Waals surface area (Å²) >= 11 is 0. The maximum absolute atomic E-state index is 12.2. The van der Waals surface area contributed by atoms with Crippen molar-refractivity contribution in [1.82, 2.24) is 0 Å². The fraction of sp³-hybridized carbons (Fsp3) is 0.500. The Balaban J connectivity index is 5.06. The van der Waals surface area contributed by atoms with E-state index in [1.54, 1.807) is 0 Å². The molecule has 0 bridgehead atoms. The summed E-state index contributed by atoms with van der Waals surface area (Å²) in [6.45, 7) is 2.00. The lowest BCUT2D eigenvalue weighted by Gasteiger charge is -2.31. The maximum atomic E-state index is 12.2. The Labute approximate surface area is 104 Å². The van der Waals surface area contributed by atoms with Crippen LogP contribution in [0.2, 0.25) is 0 Å². The molecule has 0 aliphatic rings. The zero-order valence-corrected chi connectivity index (χ0v) is 9.60. The number of carbonyl (C=O) groups is 1. The fourth-order valence-corrected chi connectivity index (χ4v) is 0.853. The summed E-state index contributed by atoms with van der Waals surface area (Å²) in [5.74, 6) is -1.42. The van der Waals surface area contributed by atoms with Gasteiger partial charge in [-0.1, -0.05) is 18.7 Å². The average molecular weight is 292 g/mol. The Hall–Kier alpha value is -1.51. The first kappa shape index (κ1) is 17.5. The highest BCUT2D eigenvalue weighted by Crippen LogP contribution is 2.43. The highest BCUT2D eigenvalue weighted by Gasteiger charge is 2.71. The number of hydrogen-bond acceptors (Lipinski definition) is 3. The number of hydrogen-bond donors (Lipinski definition) is 1. The van der Waals surface area contributed by atoms with E-state index in [0.717, 1.165) is 19.1 Å². The lowest BCUT2D eigenvalue weighted by Crippen LogP contribution is -2.60. The molecule has 0 aliphatic heterocycles. The number of carbonyl (C=O) groups excluding carboxylic acids is 1. The molecule has 0 unspecified atom stereocenters. The van der Waals surface area contributed by atoms with E-state index in [2.05, 4.69) is 11.3 Å². The van der Waals surface area contributed by atoms with Gasteiger partial charge in [0.05, 0.1) is 0 Å². The van der Waals surface area contributed by atoms with Crippen molar-refractivity contribution in [1.29, 1.82) is 0 Å². The van der Waals surface area contributed by atoms with Gasteiger partial charge in [-0.3, -0.25) is 0 Å². The second-order valence-electron chi connectivity index (χ2n) is 3.52. The molecule has 3 nitrogen and oxygen atoms in total. The Kier molecular flexibility index (Phi) is 5.19. The van der Waals surface area contributed by atoms with Gasteiger partial charge in [0, 0.05) is 5.57 Å². The van der Waals surface area contributed by atoms with Crippen molar-refractivity contribution in [2.24, 2.45) is 0 Å². The van der Waals surface area contributed by atoms with Gasteiger partial charge in [-0.25, -0.2) is 4.79 Å². The zero-order chi connectivity index (χ0) is 15.5. The zero-order valence-electron chi connectivity index (χ0n) is 9.60. The van der Waals surface area contributed by atoms with E-state index in [1.807, 2.05) is 0 Å². The summed E-state index contributed by atoms with van der Waals surface area (Å²) in [6, 6.07) is 0. The smallest absolute Gasteiger partial charge is 0.429 e. The van der Waals surface area contributed by atoms with Gasteiger partial charge in [-0.15, -0.1) is 0 Å². The van der Waals surface area contributed by atoms with Crippen LogP contribution in [0.15, 0.2) is 24.3 Å². The first-order valence-electron chi connectivity index (χ1n) is 4.69. The molecule has 0 amide bonds. The fourth-order valence-electron chi connectivity index (χ4n) is 0.853. The molecule has 0 aromatic carbocycles.